The van der Waals surface area contributed by atoms with Crippen LogP contribution in [0.1, 0.15) is 20.7 Å². The van der Waals surface area contributed by atoms with E-state index in [9.17, 15) is 9.59 Å². The average molecular weight is 226 g/mol. The number of amides is 1. The molecule has 0 aliphatic carbocycles. The number of carbonyl (C=O) groups excluding carboxylic acids is 2. The van der Waals surface area contributed by atoms with Crippen molar-refractivity contribution >= 4 is 17.9 Å². The highest BCUT2D eigenvalue weighted by molar-refractivity contribution is 6.04. The predicted molar refractivity (Wildman–Crippen MR) is 64.0 cm³/mol. The number of pyridine rings is 1. The SMILES string of the molecule is O=Cc1ccc(C(=O)Nc2ccncc2)cc1. The van der Waals surface area contributed by atoms with Crippen molar-refractivity contribution in [1.29, 1.82) is 0 Å². The van der Waals surface area contributed by atoms with Crippen LogP contribution in [0.25, 0.3) is 0 Å². The standard InChI is InChI=1S/C13H10N2O2/c16-9-10-1-3-11(4-2-10)13(17)15-12-5-7-14-8-6-12/h1-9H,(H,14,15,17). The van der Waals surface area contributed by atoms with E-state index in [1.54, 1.807) is 48.8 Å². The van der Waals surface area contributed by atoms with Gasteiger partial charge in [0.05, 0.1) is 0 Å². The van der Waals surface area contributed by atoms with Gasteiger partial charge in [-0.15, -0.1) is 0 Å². The zero-order valence-corrected chi connectivity index (χ0v) is 8.96. The number of aldehydes is 1. The number of carbonyl (C=O) groups is 2. The van der Waals surface area contributed by atoms with Crippen LogP contribution in [0, 0.1) is 0 Å². The maximum absolute atomic E-state index is 11.8. The highest BCUT2D eigenvalue weighted by Crippen LogP contribution is 2.08. The summed E-state index contributed by atoms with van der Waals surface area (Å²) in [6.45, 7) is 0. The smallest absolute Gasteiger partial charge is 0.255 e. The molecule has 0 unspecified atom stereocenters. The second kappa shape index (κ2) is 5.03. The van der Waals surface area contributed by atoms with Crippen LogP contribution in [0.3, 0.4) is 0 Å². The van der Waals surface area contributed by atoms with E-state index in [2.05, 4.69) is 10.3 Å². The number of anilines is 1. The lowest BCUT2D eigenvalue weighted by atomic mass is 10.1. The second-order valence-electron chi connectivity index (χ2n) is 3.43. The molecule has 1 aromatic carbocycles. The van der Waals surface area contributed by atoms with E-state index in [1.165, 1.54) is 0 Å². The minimum absolute atomic E-state index is 0.214. The molecular weight excluding hydrogens is 216 g/mol. The van der Waals surface area contributed by atoms with Crippen molar-refractivity contribution in [3.63, 3.8) is 0 Å². The lowest BCUT2D eigenvalue weighted by molar-refractivity contribution is 0.102. The number of rotatable bonds is 3. The zero-order chi connectivity index (χ0) is 12.1. The van der Waals surface area contributed by atoms with Crippen LogP contribution in [-0.2, 0) is 0 Å². The molecule has 1 heterocycles. The summed E-state index contributed by atoms with van der Waals surface area (Å²) in [6.07, 6.45) is 3.95. The van der Waals surface area contributed by atoms with Crippen LogP contribution in [0.2, 0.25) is 0 Å². The van der Waals surface area contributed by atoms with E-state index in [-0.39, 0.29) is 5.91 Å². The molecule has 1 amide bonds. The minimum atomic E-state index is -0.214. The predicted octanol–water partition coefficient (Wildman–Crippen LogP) is 2.15. The van der Waals surface area contributed by atoms with Crippen LogP contribution in [0.4, 0.5) is 5.69 Å². The van der Waals surface area contributed by atoms with Gasteiger partial charge in [0.25, 0.3) is 5.91 Å². The molecule has 0 spiro atoms. The molecule has 1 aromatic heterocycles. The van der Waals surface area contributed by atoms with Crippen LogP contribution in [0.5, 0.6) is 0 Å². The largest absolute Gasteiger partial charge is 0.322 e. The molecule has 0 saturated carbocycles. The van der Waals surface area contributed by atoms with Gasteiger partial charge in [-0.05, 0) is 24.3 Å². The van der Waals surface area contributed by atoms with Crippen LogP contribution in [0.15, 0.2) is 48.8 Å². The fraction of sp³-hybridized carbons (Fsp3) is 0. The van der Waals surface area contributed by atoms with Crippen molar-refractivity contribution in [3.05, 3.63) is 59.9 Å². The molecule has 4 nitrogen and oxygen atoms in total. The fourth-order valence-corrected chi connectivity index (χ4v) is 1.35. The summed E-state index contributed by atoms with van der Waals surface area (Å²) in [7, 11) is 0. The zero-order valence-electron chi connectivity index (χ0n) is 8.96. The average Bonchev–Trinajstić information content (AvgIpc) is 2.40. The molecule has 84 valence electrons. The Hall–Kier alpha value is -2.49. The highest BCUT2D eigenvalue weighted by Gasteiger charge is 2.05. The molecule has 17 heavy (non-hydrogen) atoms. The van der Waals surface area contributed by atoms with Gasteiger partial charge in [-0.2, -0.15) is 0 Å². The molecule has 0 aliphatic heterocycles. The Kier molecular flexibility index (Phi) is 3.25. The molecular formula is C13H10N2O2. The molecule has 0 aliphatic rings. The Morgan fingerprint density at radius 1 is 1.06 bits per heavy atom. The van der Waals surface area contributed by atoms with E-state index in [0.717, 1.165) is 6.29 Å². The van der Waals surface area contributed by atoms with Gasteiger partial charge in [0.1, 0.15) is 6.29 Å². The normalized spacial score (nSPS) is 9.65. The number of aromatic nitrogens is 1. The molecule has 0 radical (unpaired) electrons. The van der Waals surface area contributed by atoms with Crippen molar-refractivity contribution in [2.75, 3.05) is 5.32 Å². The van der Waals surface area contributed by atoms with Crippen molar-refractivity contribution in [2.45, 2.75) is 0 Å². The third kappa shape index (κ3) is 2.75. The molecule has 4 heteroatoms. The van der Waals surface area contributed by atoms with E-state index >= 15 is 0 Å². The highest BCUT2D eigenvalue weighted by atomic mass is 16.1. The molecule has 2 aromatic rings. The first-order chi connectivity index (χ1) is 8.29. The van der Waals surface area contributed by atoms with Gasteiger partial charge in [0.15, 0.2) is 0 Å². The third-order valence-electron chi connectivity index (χ3n) is 2.25. The monoisotopic (exact) mass is 226 g/mol. The van der Waals surface area contributed by atoms with Gasteiger partial charge in [-0.3, -0.25) is 14.6 Å². The van der Waals surface area contributed by atoms with E-state index < -0.39 is 0 Å². The summed E-state index contributed by atoms with van der Waals surface area (Å²) in [6, 6.07) is 9.85. The van der Waals surface area contributed by atoms with Crippen LogP contribution in [-0.4, -0.2) is 17.2 Å². The summed E-state index contributed by atoms with van der Waals surface area (Å²) in [5.74, 6) is -0.214. The van der Waals surface area contributed by atoms with Gasteiger partial charge in [0, 0.05) is 29.2 Å². The molecule has 0 atom stereocenters. The van der Waals surface area contributed by atoms with Gasteiger partial charge in [-0.1, -0.05) is 12.1 Å². The van der Waals surface area contributed by atoms with Gasteiger partial charge < -0.3 is 5.32 Å². The number of hydrogen-bond acceptors (Lipinski definition) is 3. The van der Waals surface area contributed by atoms with E-state index in [1.807, 2.05) is 0 Å². The maximum atomic E-state index is 11.8. The second-order valence-corrected chi connectivity index (χ2v) is 3.43. The van der Waals surface area contributed by atoms with Crippen molar-refractivity contribution in [1.82, 2.24) is 4.98 Å². The molecule has 0 bridgehead atoms. The topological polar surface area (TPSA) is 59.1 Å². The molecule has 1 N–H and O–H groups in total. The van der Waals surface area contributed by atoms with Crippen LogP contribution >= 0.6 is 0 Å². The lowest BCUT2D eigenvalue weighted by Crippen LogP contribution is -2.11. The Balaban J connectivity index is 2.12. The Morgan fingerprint density at radius 2 is 1.71 bits per heavy atom. The number of benzene rings is 1. The fourth-order valence-electron chi connectivity index (χ4n) is 1.35. The van der Waals surface area contributed by atoms with E-state index in [4.69, 9.17) is 0 Å². The third-order valence-corrected chi connectivity index (χ3v) is 2.25. The van der Waals surface area contributed by atoms with Gasteiger partial charge in [0.2, 0.25) is 0 Å². The Morgan fingerprint density at radius 3 is 2.29 bits per heavy atom. The quantitative estimate of drug-likeness (QED) is 0.816. The summed E-state index contributed by atoms with van der Waals surface area (Å²) < 4.78 is 0. The first-order valence-corrected chi connectivity index (χ1v) is 5.06. The minimum Gasteiger partial charge on any atom is -0.322 e. The van der Waals surface area contributed by atoms with E-state index in [0.29, 0.717) is 16.8 Å². The summed E-state index contributed by atoms with van der Waals surface area (Å²) in [5, 5.41) is 2.73. The number of nitrogens with one attached hydrogen (secondary N) is 1. The summed E-state index contributed by atoms with van der Waals surface area (Å²) in [4.78, 5) is 26.1. The molecule has 0 fully saturated rings. The molecule has 2 rings (SSSR count). The lowest BCUT2D eigenvalue weighted by Gasteiger charge is -2.04. The maximum Gasteiger partial charge on any atom is 0.255 e. The first-order valence-electron chi connectivity index (χ1n) is 5.06. The summed E-state index contributed by atoms with van der Waals surface area (Å²) in [5.41, 5.74) is 1.74. The number of hydrogen-bond donors (Lipinski definition) is 1. The molecule has 0 saturated heterocycles. The Bertz CT molecular complexity index is 521. The summed E-state index contributed by atoms with van der Waals surface area (Å²) >= 11 is 0. The van der Waals surface area contributed by atoms with Crippen LogP contribution < -0.4 is 5.32 Å². The first kappa shape index (κ1) is 11.0. The number of nitrogens with zero attached hydrogens (tertiary/aromatic N) is 1. The Labute approximate surface area is 98.3 Å². The van der Waals surface area contributed by atoms with Gasteiger partial charge >= 0.3 is 0 Å². The van der Waals surface area contributed by atoms with Crippen molar-refractivity contribution in [3.8, 4) is 0 Å². The van der Waals surface area contributed by atoms with Gasteiger partial charge in [-0.25, -0.2) is 0 Å². The van der Waals surface area contributed by atoms with Crippen molar-refractivity contribution < 1.29 is 9.59 Å². The van der Waals surface area contributed by atoms with Crippen molar-refractivity contribution in [2.24, 2.45) is 0 Å².